The fraction of sp³-hybridized carbons (Fsp3) is 0.333. The Kier molecular flexibility index (Phi) is 1.73. The highest BCUT2D eigenvalue weighted by atomic mass is 35.5. The number of halogens is 1. The van der Waals surface area contributed by atoms with Crippen LogP contribution in [0, 0.1) is 5.92 Å². The second kappa shape index (κ2) is 2.85. The molecule has 2 aliphatic carbocycles. The summed E-state index contributed by atoms with van der Waals surface area (Å²) in [5.74, 6) is 0.559. The summed E-state index contributed by atoms with van der Waals surface area (Å²) < 4.78 is 0. The predicted molar refractivity (Wildman–Crippen MR) is 56.2 cm³/mol. The molecule has 0 saturated carbocycles. The summed E-state index contributed by atoms with van der Waals surface area (Å²) in [6, 6.07) is 8.08. The lowest BCUT2D eigenvalue weighted by atomic mass is 9.80. The van der Waals surface area contributed by atoms with Gasteiger partial charge in [0.2, 0.25) is 0 Å². The topological polar surface area (TPSA) is 20.2 Å². The van der Waals surface area contributed by atoms with E-state index in [0.29, 0.717) is 5.92 Å². The van der Waals surface area contributed by atoms with Gasteiger partial charge in [0.05, 0.1) is 6.10 Å². The second-order valence-corrected chi connectivity index (χ2v) is 4.51. The summed E-state index contributed by atoms with van der Waals surface area (Å²) in [6.07, 6.45) is 2.65. The smallest absolute Gasteiger partial charge is 0.0870 e. The first kappa shape index (κ1) is 8.51. The molecular weight excluding hydrogens is 196 g/mol. The first-order chi connectivity index (χ1) is 6.77. The van der Waals surface area contributed by atoms with Gasteiger partial charge in [-0.15, -0.1) is 0 Å². The van der Waals surface area contributed by atoms with E-state index in [1.807, 2.05) is 18.2 Å². The molecule has 0 saturated heterocycles. The molecule has 1 aromatic carbocycles. The normalized spacial score (nSPS) is 33.9. The monoisotopic (exact) mass is 206 g/mol. The fourth-order valence-electron chi connectivity index (χ4n) is 2.60. The number of allylic oxidation sites excluding steroid dienone is 1. The zero-order valence-corrected chi connectivity index (χ0v) is 8.41. The van der Waals surface area contributed by atoms with Crippen LogP contribution in [0.1, 0.15) is 29.6 Å². The second-order valence-electron chi connectivity index (χ2n) is 4.07. The van der Waals surface area contributed by atoms with E-state index in [0.717, 1.165) is 17.0 Å². The van der Waals surface area contributed by atoms with Crippen LogP contribution < -0.4 is 0 Å². The molecule has 3 atom stereocenters. The van der Waals surface area contributed by atoms with E-state index in [4.69, 9.17) is 11.6 Å². The largest absolute Gasteiger partial charge is 0.388 e. The lowest BCUT2D eigenvalue weighted by molar-refractivity contribution is 0.118. The molecule has 0 aliphatic heterocycles. The van der Waals surface area contributed by atoms with Crippen molar-refractivity contribution < 1.29 is 5.11 Å². The summed E-state index contributed by atoms with van der Waals surface area (Å²) in [7, 11) is 0. The van der Waals surface area contributed by atoms with Crippen LogP contribution in [-0.2, 0) is 0 Å². The molecule has 2 bridgehead atoms. The van der Waals surface area contributed by atoms with Crippen molar-refractivity contribution in [3.8, 4) is 0 Å². The molecule has 0 amide bonds. The molecule has 1 aromatic rings. The maximum atomic E-state index is 10.1. The molecule has 0 radical (unpaired) electrons. The summed E-state index contributed by atoms with van der Waals surface area (Å²) in [5.41, 5.74) is 2.30. The molecule has 0 heterocycles. The van der Waals surface area contributed by atoms with Crippen molar-refractivity contribution in [1.29, 1.82) is 0 Å². The fourth-order valence-corrected chi connectivity index (χ4v) is 2.96. The number of aliphatic hydroxyl groups excluding tert-OH is 1. The van der Waals surface area contributed by atoms with E-state index >= 15 is 0 Å². The highest BCUT2D eigenvalue weighted by molar-refractivity contribution is 6.30. The zero-order chi connectivity index (χ0) is 9.71. The lowest BCUT2D eigenvalue weighted by Gasteiger charge is -2.28. The van der Waals surface area contributed by atoms with E-state index in [-0.39, 0.29) is 5.92 Å². The number of hydrogen-bond donors (Lipinski definition) is 1. The molecule has 0 spiro atoms. The maximum absolute atomic E-state index is 10.1. The van der Waals surface area contributed by atoms with E-state index in [2.05, 4.69) is 12.1 Å². The average molecular weight is 207 g/mol. The minimum Gasteiger partial charge on any atom is -0.388 e. The van der Waals surface area contributed by atoms with Gasteiger partial charge in [-0.1, -0.05) is 41.9 Å². The molecule has 0 fully saturated rings. The third kappa shape index (κ3) is 0.999. The highest BCUT2D eigenvalue weighted by Gasteiger charge is 2.38. The van der Waals surface area contributed by atoms with Gasteiger partial charge < -0.3 is 5.11 Å². The number of aliphatic hydroxyl groups is 1. The quantitative estimate of drug-likeness (QED) is 0.692. The van der Waals surface area contributed by atoms with Crippen molar-refractivity contribution in [2.75, 3.05) is 0 Å². The van der Waals surface area contributed by atoms with Crippen LogP contribution in [0.25, 0.3) is 0 Å². The van der Waals surface area contributed by atoms with E-state index in [1.54, 1.807) is 0 Å². The highest BCUT2D eigenvalue weighted by Crippen LogP contribution is 2.51. The van der Waals surface area contributed by atoms with Crippen molar-refractivity contribution >= 4 is 11.6 Å². The molecule has 0 aromatic heterocycles. The minimum atomic E-state index is -0.409. The molecule has 1 nitrogen and oxygen atoms in total. The first-order valence-electron chi connectivity index (χ1n) is 4.91. The number of benzene rings is 1. The van der Waals surface area contributed by atoms with Crippen LogP contribution in [0.3, 0.4) is 0 Å². The Balaban J connectivity index is 2.19. The maximum Gasteiger partial charge on any atom is 0.0870 e. The Labute approximate surface area is 88.0 Å². The van der Waals surface area contributed by atoms with Gasteiger partial charge in [0.25, 0.3) is 0 Å². The third-order valence-electron chi connectivity index (χ3n) is 3.32. The summed E-state index contributed by atoms with van der Waals surface area (Å²) in [6.45, 7) is 0. The van der Waals surface area contributed by atoms with Crippen LogP contribution in [0.5, 0.6) is 0 Å². The van der Waals surface area contributed by atoms with Gasteiger partial charge >= 0.3 is 0 Å². The predicted octanol–water partition coefficient (Wildman–Crippen LogP) is 2.96. The number of rotatable bonds is 0. The van der Waals surface area contributed by atoms with Crippen molar-refractivity contribution in [1.82, 2.24) is 0 Å². The van der Waals surface area contributed by atoms with E-state index in [1.165, 1.54) is 5.56 Å². The molecule has 2 heteroatoms. The lowest BCUT2D eigenvalue weighted by Crippen LogP contribution is -2.18. The first-order valence-corrected chi connectivity index (χ1v) is 5.29. The van der Waals surface area contributed by atoms with Gasteiger partial charge in [-0.25, -0.2) is 0 Å². The Morgan fingerprint density at radius 2 is 1.93 bits per heavy atom. The summed E-state index contributed by atoms with van der Waals surface area (Å²) >= 11 is 6.10. The van der Waals surface area contributed by atoms with Gasteiger partial charge in [0.1, 0.15) is 0 Å². The molecular formula is C12H11ClO. The molecule has 1 N–H and O–H groups in total. The number of fused-ring (bicyclic) bond motifs is 4. The summed E-state index contributed by atoms with van der Waals surface area (Å²) in [4.78, 5) is 0. The molecule has 0 unspecified atom stereocenters. The van der Waals surface area contributed by atoms with Crippen LogP contribution in [-0.4, -0.2) is 5.11 Å². The van der Waals surface area contributed by atoms with E-state index in [9.17, 15) is 5.11 Å². The minimum absolute atomic E-state index is 0.136. The van der Waals surface area contributed by atoms with Crippen LogP contribution >= 0.6 is 11.6 Å². The zero-order valence-electron chi connectivity index (χ0n) is 7.65. The molecule has 72 valence electrons. The van der Waals surface area contributed by atoms with Crippen molar-refractivity contribution in [3.63, 3.8) is 0 Å². The van der Waals surface area contributed by atoms with Gasteiger partial charge in [-0.2, -0.15) is 0 Å². The van der Waals surface area contributed by atoms with Crippen LogP contribution in [0.15, 0.2) is 35.4 Å². The number of hydrogen-bond acceptors (Lipinski definition) is 1. The Hall–Kier alpha value is -0.790. The standard InChI is InChI=1S/C12H11ClO/c13-11-6-7-5-10(11)12(14)9-4-2-1-3-8(7)9/h1-4,6-7,10,12,14H,5H2/t7-,10+,12+/m0/s1. The van der Waals surface area contributed by atoms with Gasteiger partial charge in [-0.3, -0.25) is 0 Å². The Bertz CT molecular complexity index is 411. The third-order valence-corrected chi connectivity index (χ3v) is 3.72. The van der Waals surface area contributed by atoms with Crippen LogP contribution in [0.2, 0.25) is 0 Å². The summed E-state index contributed by atoms with van der Waals surface area (Å²) in [5, 5.41) is 10.9. The van der Waals surface area contributed by atoms with Crippen molar-refractivity contribution in [3.05, 3.63) is 46.5 Å². The Morgan fingerprint density at radius 3 is 2.71 bits per heavy atom. The molecule has 14 heavy (non-hydrogen) atoms. The van der Waals surface area contributed by atoms with Gasteiger partial charge in [0.15, 0.2) is 0 Å². The van der Waals surface area contributed by atoms with Gasteiger partial charge in [-0.05, 0) is 17.5 Å². The average Bonchev–Trinajstić information content (AvgIpc) is 2.55. The van der Waals surface area contributed by atoms with Crippen molar-refractivity contribution in [2.45, 2.75) is 18.4 Å². The SMILES string of the molecule is O[C@@H]1c2ccccc2[C@@H]2C=C(Cl)[C@H]1C2. The Morgan fingerprint density at radius 1 is 1.21 bits per heavy atom. The van der Waals surface area contributed by atoms with Gasteiger partial charge in [0, 0.05) is 16.9 Å². The van der Waals surface area contributed by atoms with Crippen molar-refractivity contribution in [2.24, 2.45) is 5.92 Å². The molecule has 2 aliphatic rings. The van der Waals surface area contributed by atoms with E-state index < -0.39 is 6.10 Å². The van der Waals surface area contributed by atoms with Crippen LogP contribution in [0.4, 0.5) is 0 Å². The molecule has 3 rings (SSSR count).